The van der Waals surface area contributed by atoms with E-state index in [0.29, 0.717) is 0 Å². The Kier molecular flexibility index (Phi) is 6.34. The van der Waals surface area contributed by atoms with Gasteiger partial charge in [-0.25, -0.2) is 0 Å². The molecule has 0 saturated carbocycles. The van der Waals surface area contributed by atoms with Gasteiger partial charge in [0.05, 0.1) is 24.8 Å². The predicted molar refractivity (Wildman–Crippen MR) is 91.4 cm³/mol. The van der Waals surface area contributed by atoms with Crippen LogP contribution in [0.5, 0.6) is 0 Å². The molecule has 0 atom stereocenters. The summed E-state index contributed by atoms with van der Waals surface area (Å²) in [6.45, 7) is 3.24. The van der Waals surface area contributed by atoms with Gasteiger partial charge in [0.1, 0.15) is 0 Å². The number of rotatable bonds is 5. The van der Waals surface area contributed by atoms with Crippen LogP contribution in [-0.4, -0.2) is 49.3 Å². The third-order valence-electron chi connectivity index (χ3n) is 3.83. The molecule has 2 heterocycles. The molecule has 1 N–H and O–H groups in total. The number of halogens is 1. The third kappa shape index (κ3) is 4.78. The Morgan fingerprint density at radius 3 is 2.95 bits per heavy atom. The number of aliphatic imine (C=N–C) groups is 1. The van der Waals surface area contributed by atoms with Crippen molar-refractivity contribution in [3.63, 3.8) is 0 Å². The molecule has 22 heavy (non-hydrogen) atoms. The van der Waals surface area contributed by atoms with Crippen molar-refractivity contribution in [1.29, 1.82) is 0 Å². The van der Waals surface area contributed by atoms with E-state index in [9.17, 15) is 0 Å². The van der Waals surface area contributed by atoms with E-state index in [-0.39, 0.29) is 0 Å². The Morgan fingerprint density at radius 2 is 2.36 bits per heavy atom. The molecule has 1 aliphatic rings. The second-order valence-electron chi connectivity index (χ2n) is 5.53. The first-order valence-electron chi connectivity index (χ1n) is 7.58. The quantitative estimate of drug-likeness (QED) is 0.514. The summed E-state index contributed by atoms with van der Waals surface area (Å²) in [6.07, 6.45) is 6.17. The van der Waals surface area contributed by atoms with Crippen LogP contribution in [0.4, 0.5) is 0 Å². The second-order valence-corrected chi connectivity index (χ2v) is 5.96. The van der Waals surface area contributed by atoms with Gasteiger partial charge in [-0.2, -0.15) is 0 Å². The summed E-state index contributed by atoms with van der Waals surface area (Å²) in [7, 11) is 5.84. The van der Waals surface area contributed by atoms with Gasteiger partial charge >= 0.3 is 0 Å². The van der Waals surface area contributed by atoms with E-state index in [0.717, 1.165) is 55.8 Å². The van der Waals surface area contributed by atoms with Crippen LogP contribution in [0, 0.1) is 0 Å². The fourth-order valence-corrected chi connectivity index (χ4v) is 2.83. The highest BCUT2D eigenvalue weighted by atomic mass is 35.5. The third-order valence-corrected chi connectivity index (χ3v) is 4.04. The maximum Gasteiger partial charge on any atom is 0.193 e. The minimum Gasteiger partial charge on any atom is -0.377 e. The lowest BCUT2D eigenvalue weighted by atomic mass is 10.1. The molecule has 0 saturated heterocycles. The van der Waals surface area contributed by atoms with Crippen LogP contribution in [0.1, 0.15) is 18.5 Å². The Labute approximate surface area is 137 Å². The van der Waals surface area contributed by atoms with Crippen molar-refractivity contribution in [2.75, 3.05) is 33.9 Å². The van der Waals surface area contributed by atoms with Gasteiger partial charge in [-0.3, -0.25) is 4.99 Å². The molecule has 0 bridgehead atoms. The minimum atomic E-state index is 0.748. The van der Waals surface area contributed by atoms with Crippen molar-refractivity contribution in [2.45, 2.75) is 19.4 Å². The molecule has 0 unspecified atom stereocenters. The van der Waals surface area contributed by atoms with Gasteiger partial charge in [0.2, 0.25) is 0 Å². The minimum absolute atomic E-state index is 0.748. The van der Waals surface area contributed by atoms with E-state index in [1.54, 1.807) is 0 Å². The summed E-state index contributed by atoms with van der Waals surface area (Å²) in [6, 6.07) is 1.98. The van der Waals surface area contributed by atoms with Crippen molar-refractivity contribution in [1.82, 2.24) is 14.8 Å². The number of hydrogen-bond donors (Lipinski definition) is 1. The first kappa shape index (κ1) is 16.9. The summed E-state index contributed by atoms with van der Waals surface area (Å²) in [4.78, 5) is 6.45. The lowest BCUT2D eigenvalue weighted by Gasteiger charge is -2.23. The maximum absolute atomic E-state index is 6.03. The lowest BCUT2D eigenvalue weighted by molar-refractivity contribution is 0.153. The van der Waals surface area contributed by atoms with Gasteiger partial charge in [0, 0.05) is 39.6 Å². The summed E-state index contributed by atoms with van der Waals surface area (Å²) < 4.78 is 7.36. The standard InChI is InChI=1S/C16H25ClN4O/c1-18-16(19-7-4-13-5-8-22-9-6-13)21(3)12-15-10-14(17)11-20(15)2/h5,10-11H,4,6-9,12H2,1-3H3,(H,18,19). The van der Waals surface area contributed by atoms with Crippen molar-refractivity contribution >= 4 is 17.6 Å². The van der Waals surface area contributed by atoms with Crippen molar-refractivity contribution in [3.8, 4) is 0 Å². The molecule has 1 aromatic rings. The molecule has 0 aromatic carbocycles. The van der Waals surface area contributed by atoms with Crippen molar-refractivity contribution in [2.24, 2.45) is 12.0 Å². The molecular formula is C16H25ClN4O. The highest BCUT2D eigenvalue weighted by Gasteiger charge is 2.10. The summed E-state index contributed by atoms with van der Waals surface area (Å²) in [5.74, 6) is 0.894. The fourth-order valence-electron chi connectivity index (χ4n) is 2.55. The Hall–Kier alpha value is -1.46. The summed E-state index contributed by atoms with van der Waals surface area (Å²) in [5, 5.41) is 4.18. The highest BCUT2D eigenvalue weighted by Crippen LogP contribution is 2.14. The van der Waals surface area contributed by atoms with Crippen LogP contribution in [-0.2, 0) is 18.3 Å². The zero-order valence-corrected chi connectivity index (χ0v) is 14.4. The number of hydrogen-bond acceptors (Lipinski definition) is 2. The SMILES string of the molecule is CN=C(NCCC1=CCOCC1)N(C)Cc1cc(Cl)cn1C. The normalized spacial score (nSPS) is 15.6. The predicted octanol–water partition coefficient (Wildman–Crippen LogP) is 2.42. The van der Waals surface area contributed by atoms with Gasteiger partial charge < -0.3 is 19.5 Å². The average molecular weight is 325 g/mol. The van der Waals surface area contributed by atoms with Crippen LogP contribution < -0.4 is 5.32 Å². The molecule has 0 fully saturated rings. The van der Waals surface area contributed by atoms with E-state index in [1.807, 2.05) is 38.0 Å². The van der Waals surface area contributed by atoms with E-state index in [1.165, 1.54) is 5.57 Å². The van der Waals surface area contributed by atoms with E-state index in [4.69, 9.17) is 16.3 Å². The zero-order chi connectivity index (χ0) is 15.9. The number of aromatic nitrogens is 1. The average Bonchev–Trinajstić information content (AvgIpc) is 2.82. The van der Waals surface area contributed by atoms with Crippen molar-refractivity contribution < 1.29 is 4.74 Å². The van der Waals surface area contributed by atoms with Crippen LogP contribution >= 0.6 is 11.6 Å². The Bertz CT molecular complexity index is 550. The molecule has 6 heteroatoms. The number of aryl methyl sites for hydroxylation is 1. The van der Waals surface area contributed by atoms with Crippen LogP contribution in [0.3, 0.4) is 0 Å². The first-order chi connectivity index (χ1) is 10.6. The molecular weight excluding hydrogens is 300 g/mol. The molecule has 1 aliphatic heterocycles. The lowest BCUT2D eigenvalue weighted by Crippen LogP contribution is -2.39. The molecule has 1 aromatic heterocycles. The number of ether oxygens (including phenoxy) is 1. The fraction of sp³-hybridized carbons (Fsp3) is 0.562. The molecule has 2 rings (SSSR count). The molecule has 0 radical (unpaired) electrons. The first-order valence-corrected chi connectivity index (χ1v) is 7.96. The van der Waals surface area contributed by atoms with Gasteiger partial charge in [0.25, 0.3) is 0 Å². The van der Waals surface area contributed by atoms with E-state index >= 15 is 0 Å². The topological polar surface area (TPSA) is 41.8 Å². The maximum atomic E-state index is 6.03. The summed E-state index contributed by atoms with van der Waals surface area (Å²) >= 11 is 6.03. The molecule has 0 spiro atoms. The van der Waals surface area contributed by atoms with E-state index < -0.39 is 0 Å². The largest absolute Gasteiger partial charge is 0.377 e. The monoisotopic (exact) mass is 324 g/mol. The number of guanidine groups is 1. The molecule has 0 amide bonds. The molecule has 5 nitrogen and oxygen atoms in total. The number of nitrogens with zero attached hydrogens (tertiary/aromatic N) is 3. The van der Waals surface area contributed by atoms with Gasteiger partial charge in [-0.1, -0.05) is 23.3 Å². The zero-order valence-electron chi connectivity index (χ0n) is 13.6. The van der Waals surface area contributed by atoms with Crippen LogP contribution in [0.2, 0.25) is 5.02 Å². The summed E-state index contributed by atoms with van der Waals surface area (Å²) in [5.41, 5.74) is 2.62. The van der Waals surface area contributed by atoms with Crippen LogP contribution in [0.15, 0.2) is 28.9 Å². The Balaban J connectivity index is 1.82. The smallest absolute Gasteiger partial charge is 0.193 e. The van der Waals surface area contributed by atoms with E-state index in [2.05, 4.69) is 21.3 Å². The van der Waals surface area contributed by atoms with Gasteiger partial charge in [0.15, 0.2) is 5.96 Å². The molecule has 0 aliphatic carbocycles. The van der Waals surface area contributed by atoms with Crippen LogP contribution in [0.25, 0.3) is 0 Å². The molecule has 122 valence electrons. The van der Waals surface area contributed by atoms with Crippen molar-refractivity contribution in [3.05, 3.63) is 34.6 Å². The second kappa shape index (κ2) is 8.25. The van der Waals surface area contributed by atoms with Gasteiger partial charge in [-0.05, 0) is 18.9 Å². The Morgan fingerprint density at radius 1 is 1.55 bits per heavy atom. The van der Waals surface area contributed by atoms with Gasteiger partial charge in [-0.15, -0.1) is 0 Å². The highest BCUT2D eigenvalue weighted by molar-refractivity contribution is 6.30. The number of nitrogens with one attached hydrogen (secondary N) is 1.